The van der Waals surface area contributed by atoms with Crippen LogP contribution in [0, 0.1) is 0 Å². The van der Waals surface area contributed by atoms with Crippen molar-refractivity contribution in [3.8, 4) is 0 Å². The summed E-state index contributed by atoms with van der Waals surface area (Å²) in [7, 11) is -2.30. The summed E-state index contributed by atoms with van der Waals surface area (Å²) in [5, 5.41) is 0. The molecule has 0 bridgehead atoms. The van der Waals surface area contributed by atoms with Gasteiger partial charge in [0, 0.05) is 0 Å². The minimum Gasteiger partial charge on any atom is -0.468 e. The van der Waals surface area contributed by atoms with Crippen LogP contribution >= 0.6 is 11.3 Å². The van der Waals surface area contributed by atoms with Gasteiger partial charge in [0.1, 0.15) is 6.54 Å². The number of carbonyl (C=O) groups excluding carboxylic acids is 2. The first-order valence-electron chi connectivity index (χ1n) is 9.79. The Balaban J connectivity index is 2.21. The molecule has 0 spiro atoms. The topological polar surface area (TPSA) is 94.8 Å². The third-order valence-corrected chi connectivity index (χ3v) is 7.75. The van der Waals surface area contributed by atoms with Gasteiger partial charge in [0.15, 0.2) is 14.6 Å². The molecule has 1 aromatic heterocycles. The van der Waals surface area contributed by atoms with Crippen LogP contribution < -0.4 is 4.80 Å². The number of rotatable bonds is 6. The number of methoxy groups -OCH3 is 1. The normalized spacial score (nSPS) is 12.5. The van der Waals surface area contributed by atoms with Crippen molar-refractivity contribution >= 4 is 43.3 Å². The van der Waals surface area contributed by atoms with E-state index in [4.69, 9.17) is 4.74 Å². The van der Waals surface area contributed by atoms with Gasteiger partial charge < -0.3 is 9.30 Å². The molecular formula is C22H24N2O5S2. The van der Waals surface area contributed by atoms with Crippen molar-refractivity contribution in [2.24, 2.45) is 4.99 Å². The van der Waals surface area contributed by atoms with Crippen LogP contribution in [0.15, 0.2) is 52.4 Å². The maximum Gasteiger partial charge on any atom is 0.325 e. The maximum atomic E-state index is 13.0. The molecule has 3 aromatic rings. The van der Waals surface area contributed by atoms with Gasteiger partial charge in [-0.2, -0.15) is 4.99 Å². The van der Waals surface area contributed by atoms with E-state index in [1.165, 1.54) is 37.5 Å². The molecular weight excluding hydrogens is 436 g/mol. The summed E-state index contributed by atoms with van der Waals surface area (Å²) < 4.78 is 32.1. The Hall–Kier alpha value is -2.78. The van der Waals surface area contributed by atoms with Crippen molar-refractivity contribution in [3.63, 3.8) is 0 Å². The Bertz CT molecular complexity index is 1320. The molecule has 2 aromatic carbocycles. The number of hydrogen-bond donors (Lipinski definition) is 0. The van der Waals surface area contributed by atoms with Gasteiger partial charge in [-0.3, -0.25) is 9.59 Å². The molecule has 0 aliphatic rings. The predicted molar refractivity (Wildman–Crippen MR) is 120 cm³/mol. The Morgan fingerprint density at radius 2 is 1.87 bits per heavy atom. The van der Waals surface area contributed by atoms with Gasteiger partial charge in [0.05, 0.1) is 33.5 Å². The fourth-order valence-electron chi connectivity index (χ4n) is 3.10. The zero-order valence-electron chi connectivity index (χ0n) is 17.8. The van der Waals surface area contributed by atoms with E-state index in [1.807, 2.05) is 18.2 Å². The number of benzene rings is 2. The number of esters is 1. The number of sulfone groups is 1. The molecule has 164 valence electrons. The number of nitrogens with zero attached hydrogens (tertiary/aromatic N) is 2. The first-order chi connectivity index (χ1) is 14.7. The molecule has 0 unspecified atom stereocenters. The van der Waals surface area contributed by atoms with E-state index in [0.717, 1.165) is 15.8 Å². The number of amides is 1. The van der Waals surface area contributed by atoms with Crippen LogP contribution in [0.5, 0.6) is 0 Å². The van der Waals surface area contributed by atoms with Gasteiger partial charge in [-0.1, -0.05) is 50.3 Å². The number of fused-ring (bicyclic) bond motifs is 1. The van der Waals surface area contributed by atoms with Crippen LogP contribution in [-0.4, -0.2) is 37.7 Å². The summed E-state index contributed by atoms with van der Waals surface area (Å²) in [5.74, 6) is -0.966. The van der Waals surface area contributed by atoms with Gasteiger partial charge in [-0.15, -0.1) is 0 Å². The Kier molecular flexibility index (Phi) is 6.76. The maximum absolute atomic E-state index is 13.0. The quantitative estimate of drug-likeness (QED) is 0.525. The monoisotopic (exact) mass is 460 g/mol. The van der Waals surface area contributed by atoms with E-state index in [2.05, 4.69) is 18.8 Å². The molecule has 0 atom stereocenters. The molecule has 0 N–H and O–H groups in total. The first kappa shape index (κ1) is 22.9. The van der Waals surface area contributed by atoms with Crippen LogP contribution in [0.4, 0.5) is 0 Å². The highest BCUT2D eigenvalue weighted by Gasteiger charge is 2.21. The molecule has 0 saturated carbocycles. The van der Waals surface area contributed by atoms with Crippen LogP contribution in [0.2, 0.25) is 0 Å². The van der Waals surface area contributed by atoms with E-state index < -0.39 is 21.7 Å². The standard InChI is InChI=1S/C22H24N2O5S2/c1-5-31(27,28)19-9-7-6-8-16(19)21(26)23-22-24(13-20(25)29-4)17-11-10-15(14(2)3)12-18(17)30-22/h6-12,14H,5,13H2,1-4H3. The van der Waals surface area contributed by atoms with Crippen molar-refractivity contribution in [1.29, 1.82) is 0 Å². The second-order valence-electron chi connectivity index (χ2n) is 7.25. The molecule has 1 heterocycles. The number of thiazole rings is 1. The fraction of sp³-hybridized carbons (Fsp3) is 0.318. The molecule has 0 saturated heterocycles. The molecule has 3 rings (SSSR count). The number of hydrogen-bond acceptors (Lipinski definition) is 6. The van der Waals surface area contributed by atoms with E-state index in [0.29, 0.717) is 10.7 Å². The fourth-order valence-corrected chi connectivity index (χ4v) is 5.26. The smallest absolute Gasteiger partial charge is 0.325 e. The molecule has 9 heteroatoms. The van der Waals surface area contributed by atoms with Gasteiger partial charge in [0.25, 0.3) is 5.91 Å². The highest BCUT2D eigenvalue weighted by molar-refractivity contribution is 7.91. The van der Waals surface area contributed by atoms with Crippen LogP contribution in [0.1, 0.15) is 42.6 Å². The summed E-state index contributed by atoms with van der Waals surface area (Å²) in [5.41, 5.74) is 1.88. The zero-order valence-corrected chi connectivity index (χ0v) is 19.4. The van der Waals surface area contributed by atoms with E-state index >= 15 is 0 Å². The highest BCUT2D eigenvalue weighted by Crippen LogP contribution is 2.24. The van der Waals surface area contributed by atoms with Gasteiger partial charge in [-0.25, -0.2) is 8.42 Å². The second-order valence-corrected chi connectivity index (χ2v) is 10.5. The second kappa shape index (κ2) is 9.15. The highest BCUT2D eigenvalue weighted by atomic mass is 32.2. The van der Waals surface area contributed by atoms with E-state index in [1.54, 1.807) is 16.7 Å². The Morgan fingerprint density at radius 3 is 2.52 bits per heavy atom. The van der Waals surface area contributed by atoms with Crippen molar-refractivity contribution < 1.29 is 22.7 Å². The Labute approximate surface area is 184 Å². The van der Waals surface area contributed by atoms with Gasteiger partial charge in [0.2, 0.25) is 0 Å². The lowest BCUT2D eigenvalue weighted by atomic mass is 10.0. The zero-order chi connectivity index (χ0) is 22.8. The molecule has 0 fully saturated rings. The van der Waals surface area contributed by atoms with Gasteiger partial charge >= 0.3 is 5.97 Å². The third-order valence-electron chi connectivity index (χ3n) is 4.92. The average molecular weight is 461 g/mol. The summed E-state index contributed by atoms with van der Waals surface area (Å²) in [6.07, 6.45) is 0. The van der Waals surface area contributed by atoms with E-state index in [-0.39, 0.29) is 22.8 Å². The number of aromatic nitrogens is 1. The lowest BCUT2D eigenvalue weighted by Gasteiger charge is -2.07. The summed E-state index contributed by atoms with van der Waals surface area (Å²) in [4.78, 5) is 29.5. The van der Waals surface area contributed by atoms with Crippen molar-refractivity contribution in [1.82, 2.24) is 4.57 Å². The SMILES string of the molecule is CCS(=O)(=O)c1ccccc1C(=O)N=c1sc2cc(C(C)C)ccc2n1CC(=O)OC. The lowest BCUT2D eigenvalue weighted by Crippen LogP contribution is -2.22. The molecule has 31 heavy (non-hydrogen) atoms. The third kappa shape index (κ3) is 4.77. The Morgan fingerprint density at radius 1 is 1.16 bits per heavy atom. The molecule has 0 aliphatic carbocycles. The number of ether oxygens (including phenoxy) is 1. The van der Waals surface area contributed by atoms with Crippen LogP contribution in [-0.2, 0) is 25.9 Å². The number of carbonyl (C=O) groups is 2. The van der Waals surface area contributed by atoms with Crippen molar-refractivity contribution in [3.05, 3.63) is 58.4 Å². The minimum atomic E-state index is -3.60. The predicted octanol–water partition coefficient (Wildman–Crippen LogP) is 3.53. The largest absolute Gasteiger partial charge is 0.468 e. The van der Waals surface area contributed by atoms with Crippen LogP contribution in [0.25, 0.3) is 10.2 Å². The van der Waals surface area contributed by atoms with E-state index in [9.17, 15) is 18.0 Å². The van der Waals surface area contributed by atoms with Crippen LogP contribution in [0.3, 0.4) is 0 Å². The van der Waals surface area contributed by atoms with Gasteiger partial charge in [-0.05, 0) is 35.7 Å². The van der Waals surface area contributed by atoms with Crippen molar-refractivity contribution in [2.75, 3.05) is 12.9 Å². The molecule has 1 amide bonds. The minimum absolute atomic E-state index is 0.00861. The van der Waals surface area contributed by atoms with Crippen molar-refractivity contribution in [2.45, 2.75) is 38.1 Å². The first-order valence-corrected chi connectivity index (χ1v) is 12.3. The summed E-state index contributed by atoms with van der Waals surface area (Å²) in [6, 6.07) is 11.9. The molecule has 0 radical (unpaired) electrons. The summed E-state index contributed by atoms with van der Waals surface area (Å²) >= 11 is 1.27. The summed E-state index contributed by atoms with van der Waals surface area (Å²) in [6.45, 7) is 5.57. The lowest BCUT2D eigenvalue weighted by molar-refractivity contribution is -0.141. The molecule has 0 aliphatic heterocycles. The molecule has 7 nitrogen and oxygen atoms in total. The average Bonchev–Trinajstić information content (AvgIpc) is 3.09.